The fourth-order valence-corrected chi connectivity index (χ4v) is 4.65. The maximum absolute atomic E-state index is 13.5. The molecule has 1 aromatic heterocycles. The van der Waals surface area contributed by atoms with E-state index in [1.54, 1.807) is 66.6 Å². The number of benzene rings is 3. The molecule has 0 saturated carbocycles. The Morgan fingerprint density at radius 3 is 2.34 bits per heavy atom. The van der Waals surface area contributed by atoms with E-state index in [0.29, 0.717) is 46.3 Å². The van der Waals surface area contributed by atoms with Crippen LogP contribution >= 0.6 is 0 Å². The van der Waals surface area contributed by atoms with Crippen LogP contribution in [0.2, 0.25) is 0 Å². The fraction of sp³-hybridized carbons (Fsp3) is 0.250. The number of fused-ring (bicyclic) bond motifs is 1. The van der Waals surface area contributed by atoms with Crippen LogP contribution in [0, 0.1) is 0 Å². The third-order valence-corrected chi connectivity index (χ3v) is 6.55. The summed E-state index contributed by atoms with van der Waals surface area (Å²) in [7, 11) is 1.56. The molecule has 0 radical (unpaired) electrons. The lowest BCUT2D eigenvalue weighted by atomic mass is 10.0. The normalized spacial score (nSPS) is 12.8. The first-order valence-corrected chi connectivity index (χ1v) is 13.4. The molecule has 4 aromatic rings. The zero-order valence-corrected chi connectivity index (χ0v) is 23.5. The second kappa shape index (κ2) is 11.3. The Balaban J connectivity index is 1.33. The number of aryl methyl sites for hydroxylation is 1. The molecular weight excluding hydrogens is 520 g/mol. The van der Waals surface area contributed by atoms with Crippen LogP contribution in [0.3, 0.4) is 0 Å². The summed E-state index contributed by atoms with van der Waals surface area (Å²) in [6.45, 7) is 6.68. The third-order valence-electron chi connectivity index (χ3n) is 6.55. The van der Waals surface area contributed by atoms with Crippen LogP contribution in [0.5, 0.6) is 5.75 Å². The molecule has 0 aliphatic carbocycles. The van der Waals surface area contributed by atoms with Gasteiger partial charge in [-0.2, -0.15) is 0 Å². The summed E-state index contributed by atoms with van der Waals surface area (Å²) < 4.78 is 12.5. The van der Waals surface area contributed by atoms with Crippen molar-refractivity contribution >= 4 is 29.4 Å². The molecule has 9 nitrogen and oxygen atoms in total. The Hall–Kier alpha value is -4.92. The number of carbonyl (C=O) groups is 3. The number of imidazole rings is 1. The number of amides is 2. The minimum atomic E-state index is -0.605. The molecule has 0 atom stereocenters. The number of nitrogens with zero attached hydrogens (tertiary/aromatic N) is 3. The minimum Gasteiger partial charge on any atom is -0.497 e. The van der Waals surface area contributed by atoms with Gasteiger partial charge in [-0.3, -0.25) is 19.8 Å². The van der Waals surface area contributed by atoms with E-state index in [2.05, 4.69) is 5.32 Å². The first-order valence-electron chi connectivity index (χ1n) is 13.4. The van der Waals surface area contributed by atoms with Crippen LogP contribution in [0.4, 0.5) is 16.4 Å². The van der Waals surface area contributed by atoms with Crippen LogP contribution in [-0.4, -0.2) is 46.6 Å². The van der Waals surface area contributed by atoms with Gasteiger partial charge in [0, 0.05) is 47.2 Å². The lowest BCUT2D eigenvalue weighted by molar-refractivity contribution is 0.0635. The topological polar surface area (TPSA) is 103 Å². The van der Waals surface area contributed by atoms with Gasteiger partial charge in [-0.25, -0.2) is 9.78 Å². The first-order chi connectivity index (χ1) is 19.6. The second-order valence-corrected chi connectivity index (χ2v) is 10.8. The highest BCUT2D eigenvalue weighted by atomic mass is 16.6. The Kier molecular flexibility index (Phi) is 7.61. The molecule has 210 valence electrons. The molecular formula is C32H32N4O5. The highest BCUT2D eigenvalue weighted by Crippen LogP contribution is 2.29. The number of hydrogen-bond acceptors (Lipinski definition) is 6. The number of anilines is 2. The maximum atomic E-state index is 13.5. The van der Waals surface area contributed by atoms with Crippen molar-refractivity contribution in [2.24, 2.45) is 0 Å². The smallest absolute Gasteiger partial charge is 0.412 e. The minimum absolute atomic E-state index is 0.149. The molecule has 5 rings (SSSR count). The van der Waals surface area contributed by atoms with Gasteiger partial charge in [0.2, 0.25) is 5.95 Å². The SMILES string of the molecule is COc1cccc(C(=O)c2ccc(C(=O)N3CCCn4cc(-c5cccc(NC(=O)OC(C)(C)C)c5)nc43)cc2)c1. The predicted octanol–water partition coefficient (Wildman–Crippen LogP) is 6.19. The Labute approximate surface area is 238 Å². The Morgan fingerprint density at radius 1 is 0.878 bits per heavy atom. The molecule has 0 spiro atoms. The number of ether oxygens (including phenoxy) is 2. The molecule has 1 aliphatic rings. The average Bonchev–Trinajstić information content (AvgIpc) is 3.40. The molecule has 0 fully saturated rings. The third kappa shape index (κ3) is 6.30. The number of methoxy groups -OCH3 is 1. The van der Waals surface area contributed by atoms with Gasteiger partial charge < -0.3 is 14.0 Å². The summed E-state index contributed by atoms with van der Waals surface area (Å²) in [4.78, 5) is 45.2. The maximum Gasteiger partial charge on any atom is 0.412 e. The Bertz CT molecular complexity index is 1600. The van der Waals surface area contributed by atoms with E-state index in [1.807, 2.05) is 49.7 Å². The predicted molar refractivity (Wildman–Crippen MR) is 157 cm³/mol. The number of aromatic nitrogens is 2. The molecule has 2 amide bonds. The van der Waals surface area contributed by atoms with E-state index in [0.717, 1.165) is 18.5 Å². The molecule has 0 unspecified atom stereocenters. The van der Waals surface area contributed by atoms with Gasteiger partial charge in [0.1, 0.15) is 11.4 Å². The quantitative estimate of drug-likeness (QED) is 0.286. The molecule has 9 heteroatoms. The summed E-state index contributed by atoms with van der Waals surface area (Å²) in [5.74, 6) is 0.820. The zero-order chi connectivity index (χ0) is 29.1. The Morgan fingerprint density at radius 2 is 1.61 bits per heavy atom. The van der Waals surface area contributed by atoms with Crippen molar-refractivity contribution in [1.29, 1.82) is 0 Å². The molecule has 1 aliphatic heterocycles. The van der Waals surface area contributed by atoms with Gasteiger partial charge >= 0.3 is 6.09 Å². The highest BCUT2D eigenvalue weighted by molar-refractivity contribution is 6.10. The van der Waals surface area contributed by atoms with Crippen molar-refractivity contribution in [2.75, 3.05) is 23.9 Å². The van der Waals surface area contributed by atoms with E-state index < -0.39 is 11.7 Å². The number of hydrogen-bond donors (Lipinski definition) is 1. The van der Waals surface area contributed by atoms with Crippen molar-refractivity contribution in [3.63, 3.8) is 0 Å². The highest BCUT2D eigenvalue weighted by Gasteiger charge is 2.27. The first kappa shape index (κ1) is 27.6. The molecule has 0 saturated heterocycles. The van der Waals surface area contributed by atoms with Crippen LogP contribution in [0.25, 0.3) is 11.3 Å². The lowest BCUT2D eigenvalue weighted by Gasteiger charge is -2.27. The number of carbonyl (C=O) groups excluding carboxylic acids is 3. The standard InChI is InChI=1S/C32H32N4O5/c1-32(2,3)41-31(39)33-25-10-5-8-23(18-25)27-20-35-16-7-17-36(30(35)34-27)29(38)22-14-12-21(13-15-22)28(37)24-9-6-11-26(19-24)40-4/h5-6,8-15,18-20H,7,16-17H2,1-4H3,(H,33,39). The molecule has 3 aromatic carbocycles. The van der Waals surface area contributed by atoms with E-state index >= 15 is 0 Å². The lowest BCUT2D eigenvalue weighted by Crippen LogP contribution is -2.37. The molecule has 2 heterocycles. The van der Waals surface area contributed by atoms with Crippen molar-refractivity contribution < 1.29 is 23.9 Å². The second-order valence-electron chi connectivity index (χ2n) is 10.8. The van der Waals surface area contributed by atoms with Gasteiger partial charge in [-0.15, -0.1) is 0 Å². The van der Waals surface area contributed by atoms with Crippen LogP contribution in [0.1, 0.15) is 53.5 Å². The molecule has 41 heavy (non-hydrogen) atoms. The zero-order valence-electron chi connectivity index (χ0n) is 23.5. The molecule has 1 N–H and O–H groups in total. The van der Waals surface area contributed by atoms with Crippen LogP contribution in [0.15, 0.2) is 79.0 Å². The van der Waals surface area contributed by atoms with Crippen molar-refractivity contribution in [1.82, 2.24) is 9.55 Å². The number of nitrogens with one attached hydrogen (secondary N) is 1. The van der Waals surface area contributed by atoms with Crippen LogP contribution < -0.4 is 15.0 Å². The molecule has 0 bridgehead atoms. The van der Waals surface area contributed by atoms with E-state index in [-0.39, 0.29) is 11.7 Å². The van der Waals surface area contributed by atoms with Crippen molar-refractivity contribution in [2.45, 2.75) is 39.3 Å². The summed E-state index contributed by atoms with van der Waals surface area (Å²) in [5, 5.41) is 2.76. The van der Waals surface area contributed by atoms with E-state index in [1.165, 1.54) is 0 Å². The van der Waals surface area contributed by atoms with Gasteiger partial charge in [0.25, 0.3) is 5.91 Å². The summed E-state index contributed by atoms with van der Waals surface area (Å²) in [6, 6.07) is 21.0. The number of rotatable bonds is 6. The summed E-state index contributed by atoms with van der Waals surface area (Å²) in [6.07, 6.45) is 2.16. The largest absolute Gasteiger partial charge is 0.497 e. The summed E-state index contributed by atoms with van der Waals surface area (Å²) >= 11 is 0. The van der Waals surface area contributed by atoms with Gasteiger partial charge in [0.05, 0.1) is 12.8 Å². The average molecular weight is 553 g/mol. The van der Waals surface area contributed by atoms with Crippen LogP contribution in [-0.2, 0) is 11.3 Å². The van der Waals surface area contributed by atoms with Crippen molar-refractivity contribution in [3.8, 4) is 17.0 Å². The van der Waals surface area contributed by atoms with Crippen molar-refractivity contribution in [3.05, 3.63) is 95.7 Å². The number of ketones is 1. The van der Waals surface area contributed by atoms with Gasteiger partial charge in [0.15, 0.2) is 5.78 Å². The summed E-state index contributed by atoms with van der Waals surface area (Å²) in [5.41, 5.74) is 2.93. The fourth-order valence-electron chi connectivity index (χ4n) is 4.65. The van der Waals surface area contributed by atoms with E-state index in [4.69, 9.17) is 14.5 Å². The van der Waals surface area contributed by atoms with Gasteiger partial charge in [-0.05, 0) is 63.6 Å². The van der Waals surface area contributed by atoms with Gasteiger partial charge in [-0.1, -0.05) is 36.4 Å². The van der Waals surface area contributed by atoms with E-state index in [9.17, 15) is 14.4 Å². The monoisotopic (exact) mass is 552 g/mol.